The van der Waals surface area contributed by atoms with E-state index < -0.39 is 0 Å². The lowest BCUT2D eigenvalue weighted by atomic mass is 10.0. The van der Waals surface area contributed by atoms with Gasteiger partial charge in [0.2, 0.25) is 0 Å². The van der Waals surface area contributed by atoms with Crippen LogP contribution in [0.2, 0.25) is 0 Å². The summed E-state index contributed by atoms with van der Waals surface area (Å²) in [5.74, 6) is 0.491. The van der Waals surface area contributed by atoms with Gasteiger partial charge in [0.15, 0.2) is 0 Å². The Labute approximate surface area is 163 Å². The van der Waals surface area contributed by atoms with E-state index in [9.17, 15) is 4.79 Å². The molecule has 0 aliphatic rings. The van der Waals surface area contributed by atoms with Crippen LogP contribution in [0.25, 0.3) is 21.9 Å². The molecule has 3 aromatic carbocycles. The number of hydrogen-bond donors (Lipinski definition) is 2. The van der Waals surface area contributed by atoms with Gasteiger partial charge in [-0.25, -0.2) is 0 Å². The van der Waals surface area contributed by atoms with Crippen molar-refractivity contribution in [3.63, 3.8) is 0 Å². The maximum absolute atomic E-state index is 12.8. The maximum atomic E-state index is 12.8. The van der Waals surface area contributed by atoms with Crippen molar-refractivity contribution in [2.24, 2.45) is 0 Å². The molecule has 5 heteroatoms. The largest absolute Gasteiger partial charge is 0.496 e. The van der Waals surface area contributed by atoms with Crippen molar-refractivity contribution in [3.8, 4) is 16.9 Å². The lowest BCUT2D eigenvalue weighted by Gasteiger charge is -2.16. The van der Waals surface area contributed by atoms with E-state index in [1.165, 1.54) is 5.39 Å². The van der Waals surface area contributed by atoms with E-state index in [0.717, 1.165) is 22.1 Å². The third-order valence-corrected chi connectivity index (χ3v) is 4.89. The topological polar surface area (TPSA) is 67.0 Å². The van der Waals surface area contributed by atoms with Crippen LogP contribution in [0, 0.1) is 0 Å². The zero-order valence-electron chi connectivity index (χ0n) is 15.8. The van der Waals surface area contributed by atoms with Crippen LogP contribution in [0.4, 0.5) is 0 Å². The standard InChI is InChI=1S/C23H21N3O2/c1-15(17-8-7-16-5-3-4-6-18(16)11-17)26-23(27)19-9-10-21(22(12-19)28-2)20-13-24-25-14-20/h3-15H,1-2H3,(H,24,25)(H,26,27)/t15-/m1/s1. The molecule has 5 nitrogen and oxygen atoms in total. The highest BCUT2D eigenvalue weighted by Gasteiger charge is 2.15. The third-order valence-electron chi connectivity index (χ3n) is 4.89. The molecule has 0 radical (unpaired) electrons. The number of nitrogens with zero attached hydrogens (tertiary/aromatic N) is 1. The fourth-order valence-electron chi connectivity index (χ4n) is 3.31. The molecule has 1 aromatic heterocycles. The number of hydrogen-bond acceptors (Lipinski definition) is 3. The number of H-pyrrole nitrogens is 1. The number of fused-ring (bicyclic) bond motifs is 1. The second-order valence-electron chi connectivity index (χ2n) is 6.70. The van der Waals surface area contributed by atoms with E-state index >= 15 is 0 Å². The Kier molecular flexibility index (Phi) is 4.81. The zero-order valence-corrected chi connectivity index (χ0v) is 15.8. The minimum atomic E-state index is -0.141. The van der Waals surface area contributed by atoms with Crippen molar-refractivity contribution in [2.45, 2.75) is 13.0 Å². The van der Waals surface area contributed by atoms with E-state index in [1.807, 2.05) is 25.1 Å². The molecule has 0 unspecified atom stereocenters. The lowest BCUT2D eigenvalue weighted by Crippen LogP contribution is -2.26. The van der Waals surface area contributed by atoms with Crippen LogP contribution in [-0.4, -0.2) is 23.2 Å². The highest BCUT2D eigenvalue weighted by atomic mass is 16.5. The van der Waals surface area contributed by atoms with E-state index in [4.69, 9.17) is 4.74 Å². The van der Waals surface area contributed by atoms with Gasteiger partial charge in [0, 0.05) is 22.9 Å². The van der Waals surface area contributed by atoms with E-state index in [1.54, 1.807) is 31.6 Å². The first-order valence-corrected chi connectivity index (χ1v) is 9.12. The minimum absolute atomic E-state index is 0.114. The van der Waals surface area contributed by atoms with Crippen LogP contribution in [0.5, 0.6) is 5.75 Å². The van der Waals surface area contributed by atoms with Crippen molar-refractivity contribution >= 4 is 16.7 Å². The van der Waals surface area contributed by atoms with Crippen molar-refractivity contribution in [3.05, 3.63) is 84.2 Å². The molecule has 0 aliphatic carbocycles. The Hall–Kier alpha value is -3.60. The van der Waals surface area contributed by atoms with Crippen LogP contribution >= 0.6 is 0 Å². The molecule has 1 amide bonds. The van der Waals surface area contributed by atoms with Crippen molar-refractivity contribution < 1.29 is 9.53 Å². The molecule has 1 atom stereocenters. The Morgan fingerprint density at radius 3 is 2.64 bits per heavy atom. The summed E-state index contributed by atoms with van der Waals surface area (Å²) in [7, 11) is 1.60. The van der Waals surface area contributed by atoms with Crippen LogP contribution in [0.1, 0.15) is 28.9 Å². The normalized spacial score (nSPS) is 11.9. The fourth-order valence-corrected chi connectivity index (χ4v) is 3.31. The molecule has 4 rings (SSSR count). The van der Waals surface area contributed by atoms with E-state index in [-0.39, 0.29) is 11.9 Å². The molecular weight excluding hydrogens is 350 g/mol. The number of aromatic amines is 1. The Balaban J connectivity index is 1.55. The number of carbonyl (C=O) groups is 1. The summed E-state index contributed by atoms with van der Waals surface area (Å²) in [6.45, 7) is 1.99. The van der Waals surface area contributed by atoms with Gasteiger partial charge in [-0.1, -0.05) is 36.4 Å². The number of nitrogens with one attached hydrogen (secondary N) is 2. The zero-order chi connectivity index (χ0) is 19.5. The average molecular weight is 371 g/mol. The Morgan fingerprint density at radius 2 is 1.89 bits per heavy atom. The van der Waals surface area contributed by atoms with Gasteiger partial charge in [0.05, 0.1) is 19.3 Å². The molecule has 140 valence electrons. The molecule has 0 aliphatic heterocycles. The second-order valence-corrected chi connectivity index (χ2v) is 6.70. The molecule has 4 aromatic rings. The first-order valence-electron chi connectivity index (χ1n) is 9.12. The first-order chi connectivity index (χ1) is 13.7. The Morgan fingerprint density at radius 1 is 1.07 bits per heavy atom. The van der Waals surface area contributed by atoms with Crippen molar-refractivity contribution in [1.82, 2.24) is 15.5 Å². The monoisotopic (exact) mass is 371 g/mol. The second kappa shape index (κ2) is 7.56. The molecule has 28 heavy (non-hydrogen) atoms. The van der Waals surface area contributed by atoms with E-state index in [2.05, 4.69) is 45.8 Å². The van der Waals surface area contributed by atoms with Gasteiger partial charge in [0.1, 0.15) is 5.75 Å². The molecule has 1 heterocycles. The summed E-state index contributed by atoms with van der Waals surface area (Å²) in [6.07, 6.45) is 3.51. The number of rotatable bonds is 5. The molecule has 2 N–H and O–H groups in total. The fraction of sp³-hybridized carbons (Fsp3) is 0.130. The summed E-state index contributed by atoms with van der Waals surface area (Å²) in [5.41, 5.74) is 3.41. The van der Waals surface area contributed by atoms with Gasteiger partial charge in [-0.3, -0.25) is 9.89 Å². The highest BCUT2D eigenvalue weighted by Crippen LogP contribution is 2.30. The Bertz CT molecular complexity index is 1120. The summed E-state index contributed by atoms with van der Waals surface area (Å²) in [5, 5.41) is 12.2. The smallest absolute Gasteiger partial charge is 0.251 e. The third kappa shape index (κ3) is 3.47. The summed E-state index contributed by atoms with van der Waals surface area (Å²) >= 11 is 0. The molecular formula is C23H21N3O2. The number of amides is 1. The summed E-state index contributed by atoms with van der Waals surface area (Å²) in [4.78, 5) is 12.8. The molecule has 0 bridgehead atoms. The first kappa shape index (κ1) is 17.8. The molecule has 0 fully saturated rings. The minimum Gasteiger partial charge on any atom is -0.496 e. The molecule has 0 spiro atoms. The van der Waals surface area contributed by atoms with Crippen molar-refractivity contribution in [1.29, 1.82) is 0 Å². The van der Waals surface area contributed by atoms with Gasteiger partial charge in [-0.2, -0.15) is 5.10 Å². The summed E-state index contributed by atoms with van der Waals surface area (Å²) in [6, 6.07) is 19.8. The predicted octanol–water partition coefficient (Wildman–Crippen LogP) is 4.73. The van der Waals surface area contributed by atoms with Crippen LogP contribution in [0.15, 0.2) is 73.1 Å². The number of carbonyl (C=O) groups excluding carboxylic acids is 1. The average Bonchev–Trinajstić information content (AvgIpc) is 3.27. The number of benzene rings is 3. The van der Waals surface area contributed by atoms with Gasteiger partial charge < -0.3 is 10.1 Å². The maximum Gasteiger partial charge on any atom is 0.251 e. The van der Waals surface area contributed by atoms with Crippen LogP contribution in [-0.2, 0) is 0 Å². The van der Waals surface area contributed by atoms with Gasteiger partial charge in [-0.05, 0) is 47.5 Å². The van der Waals surface area contributed by atoms with Crippen molar-refractivity contribution in [2.75, 3.05) is 7.11 Å². The number of methoxy groups -OCH3 is 1. The highest BCUT2D eigenvalue weighted by molar-refractivity contribution is 5.96. The SMILES string of the molecule is COc1cc(C(=O)N[C@H](C)c2ccc3ccccc3c2)ccc1-c1cn[nH]c1. The van der Waals surface area contributed by atoms with Gasteiger partial charge in [0.25, 0.3) is 5.91 Å². The summed E-state index contributed by atoms with van der Waals surface area (Å²) < 4.78 is 5.48. The van der Waals surface area contributed by atoms with Crippen LogP contribution in [0.3, 0.4) is 0 Å². The van der Waals surface area contributed by atoms with Crippen LogP contribution < -0.4 is 10.1 Å². The quantitative estimate of drug-likeness (QED) is 0.533. The number of ether oxygens (including phenoxy) is 1. The number of aromatic nitrogens is 2. The molecule has 0 saturated heterocycles. The van der Waals surface area contributed by atoms with E-state index in [0.29, 0.717) is 11.3 Å². The lowest BCUT2D eigenvalue weighted by molar-refractivity contribution is 0.0939. The molecule has 0 saturated carbocycles. The van der Waals surface area contributed by atoms with Gasteiger partial charge in [-0.15, -0.1) is 0 Å². The predicted molar refractivity (Wildman–Crippen MR) is 110 cm³/mol. The van der Waals surface area contributed by atoms with Gasteiger partial charge >= 0.3 is 0 Å².